The Morgan fingerprint density at radius 3 is 2.14 bits per heavy atom. The van der Waals surface area contributed by atoms with Gasteiger partial charge in [0.05, 0.1) is 21.7 Å². The van der Waals surface area contributed by atoms with Gasteiger partial charge in [0.15, 0.2) is 9.84 Å². The zero-order valence-electron chi connectivity index (χ0n) is 15.5. The van der Waals surface area contributed by atoms with Crippen molar-refractivity contribution < 1.29 is 18.3 Å². The minimum Gasteiger partial charge on any atom is -0.478 e. The standard InChI is InChI=1S/C22H18N2O4S/c1-29(27,28)18-9-4-14(5-10-18)16-6-11-21-19(12-16)20(23)13-24(21)17-7-2-15(3-8-17)22(25)26/h2-13H,23H2,1H3,(H,25,26). The molecule has 7 heteroatoms. The number of nitrogen functional groups attached to an aromatic ring is 1. The Morgan fingerprint density at radius 1 is 0.931 bits per heavy atom. The predicted molar refractivity (Wildman–Crippen MR) is 113 cm³/mol. The number of benzene rings is 3. The Morgan fingerprint density at radius 2 is 1.55 bits per heavy atom. The quantitative estimate of drug-likeness (QED) is 0.534. The van der Waals surface area contributed by atoms with E-state index in [1.165, 1.54) is 6.26 Å². The number of rotatable bonds is 4. The van der Waals surface area contributed by atoms with Crippen molar-refractivity contribution in [3.63, 3.8) is 0 Å². The first-order valence-electron chi connectivity index (χ1n) is 8.79. The summed E-state index contributed by atoms with van der Waals surface area (Å²) in [6.07, 6.45) is 2.98. The molecule has 0 aliphatic carbocycles. The average molecular weight is 406 g/mol. The van der Waals surface area contributed by atoms with Crippen molar-refractivity contribution in [2.75, 3.05) is 12.0 Å². The van der Waals surface area contributed by atoms with E-state index in [4.69, 9.17) is 10.8 Å². The molecule has 6 nitrogen and oxygen atoms in total. The molecular weight excluding hydrogens is 388 g/mol. The number of fused-ring (bicyclic) bond motifs is 1. The number of carboxylic acids is 1. The van der Waals surface area contributed by atoms with Crippen molar-refractivity contribution in [1.29, 1.82) is 0 Å². The number of anilines is 1. The number of sulfone groups is 1. The van der Waals surface area contributed by atoms with E-state index >= 15 is 0 Å². The van der Waals surface area contributed by atoms with Gasteiger partial charge in [0.2, 0.25) is 0 Å². The van der Waals surface area contributed by atoms with Crippen LogP contribution in [-0.2, 0) is 9.84 Å². The lowest BCUT2D eigenvalue weighted by molar-refractivity contribution is 0.0697. The number of aromatic carboxylic acids is 1. The van der Waals surface area contributed by atoms with Crippen LogP contribution in [-0.4, -0.2) is 30.3 Å². The van der Waals surface area contributed by atoms with Crippen LogP contribution in [0.15, 0.2) is 77.8 Å². The van der Waals surface area contributed by atoms with Gasteiger partial charge >= 0.3 is 5.97 Å². The van der Waals surface area contributed by atoms with E-state index in [1.54, 1.807) is 54.7 Å². The molecule has 3 N–H and O–H groups in total. The Balaban J connectivity index is 1.76. The Labute approximate surface area is 167 Å². The van der Waals surface area contributed by atoms with Gasteiger partial charge in [0.1, 0.15) is 0 Å². The van der Waals surface area contributed by atoms with E-state index in [0.29, 0.717) is 5.69 Å². The highest BCUT2D eigenvalue weighted by molar-refractivity contribution is 7.90. The molecule has 0 fully saturated rings. The van der Waals surface area contributed by atoms with Crippen molar-refractivity contribution in [2.24, 2.45) is 0 Å². The summed E-state index contributed by atoms with van der Waals surface area (Å²) in [4.78, 5) is 11.3. The van der Waals surface area contributed by atoms with Crippen molar-refractivity contribution in [2.45, 2.75) is 4.90 Å². The van der Waals surface area contributed by atoms with Gasteiger partial charge in [0.25, 0.3) is 0 Å². The van der Waals surface area contributed by atoms with Crippen LogP contribution >= 0.6 is 0 Å². The number of carbonyl (C=O) groups is 1. The van der Waals surface area contributed by atoms with Gasteiger partial charge in [-0.25, -0.2) is 13.2 Å². The molecule has 0 bridgehead atoms. The second-order valence-electron chi connectivity index (χ2n) is 6.83. The van der Waals surface area contributed by atoms with Crippen LogP contribution in [0.2, 0.25) is 0 Å². The summed E-state index contributed by atoms with van der Waals surface area (Å²) < 4.78 is 25.2. The molecule has 1 heterocycles. The average Bonchev–Trinajstić information content (AvgIpc) is 3.03. The highest BCUT2D eigenvalue weighted by Gasteiger charge is 2.12. The van der Waals surface area contributed by atoms with Gasteiger partial charge in [-0.2, -0.15) is 0 Å². The van der Waals surface area contributed by atoms with Crippen LogP contribution < -0.4 is 5.73 Å². The summed E-state index contributed by atoms with van der Waals surface area (Å²) in [5.41, 5.74) is 10.5. The molecule has 3 aromatic carbocycles. The normalized spacial score (nSPS) is 11.6. The largest absolute Gasteiger partial charge is 0.478 e. The maximum absolute atomic E-state index is 11.6. The molecule has 4 rings (SSSR count). The Kier molecular flexibility index (Phi) is 4.39. The predicted octanol–water partition coefficient (Wildman–Crippen LogP) is 3.98. The minimum atomic E-state index is -3.24. The zero-order chi connectivity index (χ0) is 20.8. The maximum atomic E-state index is 11.6. The van der Waals surface area contributed by atoms with Crippen LogP contribution in [0.5, 0.6) is 0 Å². The third kappa shape index (κ3) is 3.48. The van der Waals surface area contributed by atoms with E-state index in [9.17, 15) is 13.2 Å². The Hall–Kier alpha value is -3.58. The van der Waals surface area contributed by atoms with Crippen LogP contribution in [0.3, 0.4) is 0 Å². The summed E-state index contributed by atoms with van der Waals surface area (Å²) in [5, 5.41) is 9.92. The van der Waals surface area contributed by atoms with E-state index in [2.05, 4.69) is 0 Å². The number of nitrogens with zero attached hydrogens (tertiary/aromatic N) is 1. The van der Waals surface area contributed by atoms with Gasteiger partial charge < -0.3 is 15.4 Å². The first-order chi connectivity index (χ1) is 13.7. The lowest BCUT2D eigenvalue weighted by atomic mass is 10.0. The van der Waals surface area contributed by atoms with E-state index < -0.39 is 15.8 Å². The maximum Gasteiger partial charge on any atom is 0.335 e. The Bertz CT molecular complexity index is 1340. The molecular formula is C22H18N2O4S. The minimum absolute atomic E-state index is 0.220. The van der Waals surface area contributed by atoms with Gasteiger partial charge in [-0.15, -0.1) is 0 Å². The second-order valence-corrected chi connectivity index (χ2v) is 8.85. The van der Waals surface area contributed by atoms with Crippen molar-refractivity contribution in [3.05, 3.63) is 78.5 Å². The first-order valence-corrected chi connectivity index (χ1v) is 10.7. The third-order valence-electron chi connectivity index (χ3n) is 4.84. The van der Waals surface area contributed by atoms with E-state index in [1.807, 2.05) is 22.8 Å². The van der Waals surface area contributed by atoms with Crippen LogP contribution in [0.1, 0.15) is 10.4 Å². The molecule has 0 unspecified atom stereocenters. The van der Waals surface area contributed by atoms with E-state index in [-0.39, 0.29) is 10.5 Å². The van der Waals surface area contributed by atoms with Gasteiger partial charge in [-0.1, -0.05) is 18.2 Å². The van der Waals surface area contributed by atoms with Gasteiger partial charge in [-0.3, -0.25) is 0 Å². The summed E-state index contributed by atoms with van der Waals surface area (Å²) >= 11 is 0. The molecule has 0 spiro atoms. The molecule has 0 saturated carbocycles. The zero-order valence-corrected chi connectivity index (χ0v) is 16.3. The van der Waals surface area contributed by atoms with Crippen LogP contribution in [0.25, 0.3) is 27.7 Å². The third-order valence-corrected chi connectivity index (χ3v) is 5.97. The topological polar surface area (TPSA) is 102 Å². The molecule has 0 aliphatic rings. The molecule has 1 aromatic heterocycles. The summed E-state index contributed by atoms with van der Waals surface area (Å²) in [6, 6.07) is 19.2. The molecule has 0 aliphatic heterocycles. The number of hydrogen-bond acceptors (Lipinski definition) is 4. The fourth-order valence-electron chi connectivity index (χ4n) is 3.31. The molecule has 29 heavy (non-hydrogen) atoms. The van der Waals surface area contributed by atoms with Crippen LogP contribution in [0.4, 0.5) is 5.69 Å². The lowest BCUT2D eigenvalue weighted by Crippen LogP contribution is -1.97. The fraction of sp³-hybridized carbons (Fsp3) is 0.0455. The lowest BCUT2D eigenvalue weighted by Gasteiger charge is -2.07. The number of nitrogens with two attached hydrogens (primary N) is 1. The van der Waals surface area contributed by atoms with Crippen molar-refractivity contribution >= 4 is 32.4 Å². The summed E-state index contributed by atoms with van der Waals surface area (Å²) in [7, 11) is -3.24. The fourth-order valence-corrected chi connectivity index (χ4v) is 3.94. The molecule has 4 aromatic rings. The molecule has 0 atom stereocenters. The van der Waals surface area contributed by atoms with Gasteiger partial charge in [0, 0.05) is 23.5 Å². The summed E-state index contributed by atoms with van der Waals surface area (Å²) in [6.45, 7) is 0. The smallest absolute Gasteiger partial charge is 0.335 e. The number of hydrogen-bond donors (Lipinski definition) is 2. The van der Waals surface area contributed by atoms with Crippen LogP contribution in [0, 0.1) is 0 Å². The molecule has 146 valence electrons. The number of aromatic nitrogens is 1. The van der Waals surface area contributed by atoms with Crippen molar-refractivity contribution in [3.8, 4) is 16.8 Å². The highest BCUT2D eigenvalue weighted by atomic mass is 32.2. The second kappa shape index (κ2) is 6.79. The first kappa shape index (κ1) is 18.8. The molecule has 0 radical (unpaired) electrons. The number of carboxylic acid groups (broad SMARTS) is 1. The van der Waals surface area contributed by atoms with Crippen molar-refractivity contribution in [1.82, 2.24) is 4.57 Å². The monoisotopic (exact) mass is 406 g/mol. The molecule has 0 amide bonds. The molecule has 0 saturated heterocycles. The summed E-state index contributed by atoms with van der Waals surface area (Å²) in [5.74, 6) is -0.972. The SMILES string of the molecule is CS(=O)(=O)c1ccc(-c2ccc3c(c2)c(N)cn3-c2ccc(C(=O)O)cc2)cc1. The highest BCUT2D eigenvalue weighted by Crippen LogP contribution is 2.31. The van der Waals surface area contributed by atoms with Gasteiger partial charge in [-0.05, 0) is 59.7 Å². The van der Waals surface area contributed by atoms with E-state index in [0.717, 1.165) is 27.7 Å².